The summed E-state index contributed by atoms with van der Waals surface area (Å²) in [4.78, 5) is 0. The molecule has 0 spiro atoms. The molecule has 1 saturated heterocycles. The third-order valence-corrected chi connectivity index (χ3v) is 1.78. The Hall–Kier alpha value is -0.190. The van der Waals surface area contributed by atoms with Gasteiger partial charge in [-0.15, -0.1) is 0 Å². The molecule has 1 fully saturated rings. The number of nitrogens with two attached hydrogens (primary N) is 1. The average Bonchev–Trinajstić information content (AvgIpc) is 2.17. The topological polar surface area (TPSA) is 55.5 Å². The van der Waals surface area contributed by atoms with E-state index in [0.29, 0.717) is 0 Å². The van der Waals surface area contributed by atoms with Crippen molar-refractivity contribution in [2.45, 2.75) is 31.4 Å². The first-order valence-electron chi connectivity index (χ1n) is 3.34. The molecule has 0 aromatic heterocycles. The summed E-state index contributed by atoms with van der Waals surface area (Å²) < 4.78 is 17.7. The SMILES string of the molecule is C[C@@H]1O[C@H](CN)C(O)[C@@H]1F. The van der Waals surface area contributed by atoms with Crippen molar-refractivity contribution in [3.8, 4) is 0 Å². The van der Waals surface area contributed by atoms with Crippen LogP contribution >= 0.6 is 0 Å². The van der Waals surface area contributed by atoms with Crippen LogP contribution in [-0.4, -0.2) is 36.1 Å². The van der Waals surface area contributed by atoms with Crippen molar-refractivity contribution in [3.05, 3.63) is 0 Å². The van der Waals surface area contributed by atoms with Crippen molar-refractivity contribution in [1.82, 2.24) is 0 Å². The molecule has 10 heavy (non-hydrogen) atoms. The Morgan fingerprint density at radius 3 is 2.50 bits per heavy atom. The fourth-order valence-corrected chi connectivity index (χ4v) is 1.11. The van der Waals surface area contributed by atoms with Gasteiger partial charge in [0.1, 0.15) is 6.10 Å². The van der Waals surface area contributed by atoms with Crippen molar-refractivity contribution < 1.29 is 14.2 Å². The molecule has 4 heteroatoms. The van der Waals surface area contributed by atoms with Crippen LogP contribution in [0.4, 0.5) is 4.39 Å². The van der Waals surface area contributed by atoms with Crippen molar-refractivity contribution in [1.29, 1.82) is 0 Å². The smallest absolute Gasteiger partial charge is 0.154 e. The van der Waals surface area contributed by atoms with Gasteiger partial charge < -0.3 is 15.6 Å². The van der Waals surface area contributed by atoms with E-state index >= 15 is 0 Å². The van der Waals surface area contributed by atoms with Gasteiger partial charge in [-0.1, -0.05) is 0 Å². The highest BCUT2D eigenvalue weighted by atomic mass is 19.1. The van der Waals surface area contributed by atoms with E-state index in [1.807, 2.05) is 0 Å². The summed E-state index contributed by atoms with van der Waals surface area (Å²) in [7, 11) is 0. The summed E-state index contributed by atoms with van der Waals surface area (Å²) in [6.07, 6.45) is -3.37. The van der Waals surface area contributed by atoms with Crippen LogP contribution in [0.3, 0.4) is 0 Å². The molecule has 1 unspecified atom stereocenters. The Labute approximate surface area is 59.0 Å². The fraction of sp³-hybridized carbons (Fsp3) is 1.00. The first-order chi connectivity index (χ1) is 4.66. The van der Waals surface area contributed by atoms with E-state index in [2.05, 4.69) is 0 Å². The second-order valence-corrected chi connectivity index (χ2v) is 2.55. The van der Waals surface area contributed by atoms with Crippen LogP contribution in [0.1, 0.15) is 6.92 Å². The van der Waals surface area contributed by atoms with Gasteiger partial charge in [0.2, 0.25) is 0 Å². The van der Waals surface area contributed by atoms with Crippen LogP contribution < -0.4 is 5.73 Å². The van der Waals surface area contributed by atoms with Gasteiger partial charge in [-0.05, 0) is 6.92 Å². The lowest BCUT2D eigenvalue weighted by molar-refractivity contribution is 0.0224. The maximum Gasteiger partial charge on any atom is 0.154 e. The number of halogens is 1. The van der Waals surface area contributed by atoms with E-state index in [4.69, 9.17) is 15.6 Å². The van der Waals surface area contributed by atoms with Crippen LogP contribution in [0.2, 0.25) is 0 Å². The van der Waals surface area contributed by atoms with E-state index < -0.39 is 24.5 Å². The number of hydrogen-bond donors (Lipinski definition) is 2. The minimum absolute atomic E-state index is 0.173. The van der Waals surface area contributed by atoms with Gasteiger partial charge in [0.15, 0.2) is 6.17 Å². The molecule has 0 aliphatic carbocycles. The largest absolute Gasteiger partial charge is 0.387 e. The van der Waals surface area contributed by atoms with Crippen LogP contribution in [0.5, 0.6) is 0 Å². The van der Waals surface area contributed by atoms with Crippen LogP contribution in [0, 0.1) is 0 Å². The molecule has 1 heterocycles. The van der Waals surface area contributed by atoms with E-state index in [1.54, 1.807) is 6.92 Å². The monoisotopic (exact) mass is 149 g/mol. The zero-order valence-electron chi connectivity index (χ0n) is 5.83. The molecule has 0 amide bonds. The quantitative estimate of drug-likeness (QED) is 0.525. The molecule has 3 nitrogen and oxygen atoms in total. The molecule has 4 atom stereocenters. The fourth-order valence-electron chi connectivity index (χ4n) is 1.11. The van der Waals surface area contributed by atoms with Crippen LogP contribution in [0.25, 0.3) is 0 Å². The van der Waals surface area contributed by atoms with Crippen LogP contribution in [0.15, 0.2) is 0 Å². The van der Waals surface area contributed by atoms with E-state index in [1.165, 1.54) is 0 Å². The third-order valence-electron chi connectivity index (χ3n) is 1.78. The van der Waals surface area contributed by atoms with Gasteiger partial charge in [-0.2, -0.15) is 0 Å². The molecule has 1 aliphatic rings. The van der Waals surface area contributed by atoms with Crippen molar-refractivity contribution >= 4 is 0 Å². The van der Waals surface area contributed by atoms with Crippen molar-refractivity contribution in [2.75, 3.05) is 6.54 Å². The van der Waals surface area contributed by atoms with Crippen LogP contribution in [-0.2, 0) is 4.74 Å². The Bertz CT molecular complexity index is 122. The second kappa shape index (κ2) is 2.82. The predicted molar refractivity (Wildman–Crippen MR) is 34.3 cm³/mol. The maximum atomic E-state index is 12.7. The maximum absolute atomic E-state index is 12.7. The van der Waals surface area contributed by atoms with Gasteiger partial charge >= 0.3 is 0 Å². The van der Waals surface area contributed by atoms with E-state index in [9.17, 15) is 4.39 Å². The highest BCUT2D eigenvalue weighted by Gasteiger charge is 2.40. The highest BCUT2D eigenvalue weighted by molar-refractivity contribution is 4.88. The molecule has 0 bridgehead atoms. The molecule has 3 N–H and O–H groups in total. The van der Waals surface area contributed by atoms with E-state index in [0.717, 1.165) is 0 Å². The standard InChI is InChI=1S/C6H12FNO2/c1-3-5(7)6(9)4(2-8)10-3/h3-6,9H,2,8H2,1H3/t3-,4+,5+,6?/m0/s1. The van der Waals surface area contributed by atoms with Gasteiger partial charge in [0.05, 0.1) is 12.2 Å². The number of aliphatic hydroxyl groups excluding tert-OH is 1. The van der Waals surface area contributed by atoms with E-state index in [-0.39, 0.29) is 6.54 Å². The normalized spacial score (nSPS) is 48.0. The Morgan fingerprint density at radius 2 is 2.30 bits per heavy atom. The zero-order chi connectivity index (χ0) is 7.72. The Morgan fingerprint density at radius 1 is 1.70 bits per heavy atom. The zero-order valence-corrected chi connectivity index (χ0v) is 5.83. The third kappa shape index (κ3) is 1.14. The lowest BCUT2D eigenvalue weighted by Crippen LogP contribution is -2.33. The predicted octanol–water partition coefficient (Wildman–Crippen LogP) is -0.569. The molecule has 1 rings (SSSR count). The summed E-state index contributed by atoms with van der Waals surface area (Å²) in [5, 5.41) is 9.05. The number of hydrogen-bond acceptors (Lipinski definition) is 3. The second-order valence-electron chi connectivity index (χ2n) is 2.55. The number of aliphatic hydroxyl groups is 1. The van der Waals surface area contributed by atoms with Gasteiger partial charge in [0.25, 0.3) is 0 Å². The Kier molecular flexibility index (Phi) is 2.23. The van der Waals surface area contributed by atoms with Crippen molar-refractivity contribution in [3.63, 3.8) is 0 Å². The van der Waals surface area contributed by atoms with Gasteiger partial charge in [-0.25, -0.2) is 4.39 Å². The number of rotatable bonds is 1. The summed E-state index contributed by atoms with van der Waals surface area (Å²) in [6, 6.07) is 0. The highest BCUT2D eigenvalue weighted by Crippen LogP contribution is 2.22. The van der Waals surface area contributed by atoms with Gasteiger partial charge in [0, 0.05) is 6.54 Å². The molecule has 1 aliphatic heterocycles. The summed E-state index contributed by atoms with van der Waals surface area (Å²) in [6.45, 7) is 1.76. The minimum atomic E-state index is -1.28. The van der Waals surface area contributed by atoms with Crippen molar-refractivity contribution in [2.24, 2.45) is 5.73 Å². The lowest BCUT2D eigenvalue weighted by atomic mass is 10.1. The Balaban J connectivity index is 2.53. The minimum Gasteiger partial charge on any atom is -0.387 e. The summed E-state index contributed by atoms with van der Waals surface area (Å²) in [5.74, 6) is 0. The first-order valence-corrected chi connectivity index (χ1v) is 3.34. The molecule has 60 valence electrons. The molecule has 0 aromatic rings. The molecule has 0 aromatic carbocycles. The molecule has 0 radical (unpaired) electrons. The lowest BCUT2D eigenvalue weighted by Gasteiger charge is -2.09. The first kappa shape index (κ1) is 7.91. The molecule has 0 saturated carbocycles. The number of ether oxygens (including phenoxy) is 1. The average molecular weight is 149 g/mol. The molecular weight excluding hydrogens is 137 g/mol. The summed E-state index contributed by atoms with van der Waals surface area (Å²) >= 11 is 0. The number of alkyl halides is 1. The summed E-state index contributed by atoms with van der Waals surface area (Å²) in [5.41, 5.74) is 5.20. The van der Waals surface area contributed by atoms with Gasteiger partial charge in [-0.3, -0.25) is 0 Å². The molecular formula is C6H12FNO2.